The van der Waals surface area contributed by atoms with Gasteiger partial charge in [-0.15, -0.1) is 0 Å². The molecule has 1 saturated carbocycles. The number of ether oxygens (including phenoxy) is 2. The van der Waals surface area contributed by atoms with Gasteiger partial charge in [0.2, 0.25) is 0 Å². The van der Waals surface area contributed by atoms with Crippen LogP contribution in [0, 0.1) is 11.7 Å². The van der Waals surface area contributed by atoms with Crippen molar-refractivity contribution in [2.45, 2.75) is 38.7 Å². The fourth-order valence-electron chi connectivity index (χ4n) is 3.78. The Morgan fingerprint density at radius 3 is 2.09 bits per heavy atom. The van der Waals surface area contributed by atoms with Gasteiger partial charge in [-0.3, -0.25) is 14.4 Å². The highest BCUT2D eigenvalue weighted by molar-refractivity contribution is 5.95. The van der Waals surface area contributed by atoms with E-state index >= 15 is 0 Å². The second-order valence-corrected chi connectivity index (χ2v) is 8.04. The van der Waals surface area contributed by atoms with Crippen LogP contribution in [0.4, 0.5) is 4.39 Å². The molecule has 3 rings (SSSR count). The number of carboxylic acid groups (broad SMARTS) is 1. The summed E-state index contributed by atoms with van der Waals surface area (Å²) < 4.78 is 24.9. The van der Waals surface area contributed by atoms with Crippen molar-refractivity contribution in [2.24, 2.45) is 5.92 Å². The molecule has 0 saturated heterocycles. The molecule has 1 aliphatic rings. The predicted octanol–water partition coefficient (Wildman–Crippen LogP) is 3.41. The van der Waals surface area contributed by atoms with Crippen LogP contribution >= 0.6 is 0 Å². The molecule has 0 aliphatic heterocycles. The Kier molecular flexibility index (Phi) is 8.84. The zero-order chi connectivity index (χ0) is 24.5. The van der Waals surface area contributed by atoms with Gasteiger partial charge in [0.05, 0.1) is 18.6 Å². The number of carbonyl (C=O) groups excluding carboxylic acids is 2. The Labute approximate surface area is 197 Å². The van der Waals surface area contributed by atoms with E-state index in [1.165, 1.54) is 12.1 Å². The fourth-order valence-corrected chi connectivity index (χ4v) is 3.78. The van der Waals surface area contributed by atoms with E-state index in [4.69, 9.17) is 14.6 Å². The summed E-state index contributed by atoms with van der Waals surface area (Å²) in [5.74, 6) is -1.68. The molecule has 3 N–H and O–H groups in total. The number of carboxylic acids is 1. The van der Waals surface area contributed by atoms with Crippen molar-refractivity contribution in [2.75, 3.05) is 19.7 Å². The first-order valence-corrected chi connectivity index (χ1v) is 11.4. The molecule has 0 atom stereocenters. The van der Waals surface area contributed by atoms with E-state index in [9.17, 15) is 18.8 Å². The molecule has 0 unspecified atom stereocenters. The lowest BCUT2D eigenvalue weighted by molar-refractivity contribution is -0.143. The summed E-state index contributed by atoms with van der Waals surface area (Å²) in [7, 11) is 0. The maximum atomic E-state index is 13.9. The molecule has 34 heavy (non-hydrogen) atoms. The number of nitrogens with one attached hydrogen (secondary N) is 2. The number of hydrogen-bond acceptors (Lipinski definition) is 5. The predicted molar refractivity (Wildman–Crippen MR) is 123 cm³/mol. The summed E-state index contributed by atoms with van der Waals surface area (Å²) in [6, 6.07) is 10.7. The van der Waals surface area contributed by atoms with Gasteiger partial charge in [-0.25, -0.2) is 4.39 Å². The third-order valence-corrected chi connectivity index (χ3v) is 5.63. The second kappa shape index (κ2) is 12.0. The van der Waals surface area contributed by atoms with Gasteiger partial charge in [-0.2, -0.15) is 0 Å². The van der Waals surface area contributed by atoms with Crippen molar-refractivity contribution >= 4 is 17.8 Å². The Morgan fingerprint density at radius 2 is 1.53 bits per heavy atom. The molecule has 0 radical (unpaired) electrons. The first kappa shape index (κ1) is 25.0. The van der Waals surface area contributed by atoms with Gasteiger partial charge in [0.25, 0.3) is 11.8 Å². The van der Waals surface area contributed by atoms with Crippen LogP contribution in [0.25, 0.3) is 0 Å². The number of hydrogen-bond donors (Lipinski definition) is 3. The van der Waals surface area contributed by atoms with Crippen LogP contribution in [0.2, 0.25) is 0 Å². The fraction of sp³-hybridized carbons (Fsp3) is 0.400. The van der Waals surface area contributed by atoms with Gasteiger partial charge in [0.15, 0.2) is 11.6 Å². The highest BCUT2D eigenvalue weighted by Crippen LogP contribution is 2.28. The first-order chi connectivity index (χ1) is 16.4. The topological polar surface area (TPSA) is 114 Å². The molecule has 2 aromatic rings. The Bertz CT molecular complexity index is 1000. The minimum Gasteiger partial charge on any atom is -0.491 e. The lowest BCUT2D eigenvalue weighted by Crippen LogP contribution is -2.34. The maximum Gasteiger partial charge on any atom is 0.306 e. The van der Waals surface area contributed by atoms with Crippen molar-refractivity contribution in [1.29, 1.82) is 0 Å². The highest BCUT2D eigenvalue weighted by Gasteiger charge is 2.26. The van der Waals surface area contributed by atoms with E-state index in [2.05, 4.69) is 10.6 Å². The lowest BCUT2D eigenvalue weighted by atomic mass is 9.87. The molecule has 2 amide bonds. The number of aliphatic carboxylic acids is 1. The van der Waals surface area contributed by atoms with Gasteiger partial charge >= 0.3 is 5.97 Å². The first-order valence-electron chi connectivity index (χ1n) is 11.4. The van der Waals surface area contributed by atoms with Crippen LogP contribution in [0.1, 0.15) is 53.3 Å². The second-order valence-electron chi connectivity index (χ2n) is 8.04. The summed E-state index contributed by atoms with van der Waals surface area (Å²) in [6.07, 6.45) is 2.56. The van der Waals surface area contributed by atoms with Crippen molar-refractivity contribution < 1.29 is 33.4 Å². The molecule has 2 aromatic carbocycles. The van der Waals surface area contributed by atoms with Gasteiger partial charge in [-0.1, -0.05) is 0 Å². The number of carbonyl (C=O) groups is 3. The average molecular weight is 473 g/mol. The Hall–Kier alpha value is -3.62. The molecule has 182 valence electrons. The molecular weight excluding hydrogens is 443 g/mol. The molecule has 0 bridgehead atoms. The molecule has 9 heteroatoms. The van der Waals surface area contributed by atoms with Crippen LogP contribution in [-0.4, -0.2) is 48.7 Å². The van der Waals surface area contributed by atoms with E-state index in [0.717, 1.165) is 6.07 Å². The lowest BCUT2D eigenvalue weighted by Gasteiger charge is -2.26. The summed E-state index contributed by atoms with van der Waals surface area (Å²) >= 11 is 0. The molecular formula is C25H29FN2O6. The van der Waals surface area contributed by atoms with E-state index in [-0.39, 0.29) is 42.3 Å². The Morgan fingerprint density at radius 1 is 0.941 bits per heavy atom. The maximum absolute atomic E-state index is 13.9. The van der Waals surface area contributed by atoms with Crippen LogP contribution in [0.15, 0.2) is 42.5 Å². The minimum atomic E-state index is -0.751. The normalized spacial score (nSPS) is 17.5. The standard InChI is InChI=1S/C25H29FN2O6/c1-2-33-22-12-7-18(15-21(22)26)24(30)28-14-13-27-23(29)16-3-8-19(9-4-16)34-20-10-5-17(6-11-20)25(31)32/h3-4,7-9,12,15,17,20H,2,5-6,10-11,13-14H2,1H3,(H,27,29)(H,28,30)(H,31,32). The largest absolute Gasteiger partial charge is 0.491 e. The third-order valence-electron chi connectivity index (χ3n) is 5.63. The summed E-state index contributed by atoms with van der Waals surface area (Å²) in [5.41, 5.74) is 0.612. The minimum absolute atomic E-state index is 0.0252. The van der Waals surface area contributed by atoms with E-state index < -0.39 is 17.7 Å². The number of amides is 2. The zero-order valence-corrected chi connectivity index (χ0v) is 19.0. The van der Waals surface area contributed by atoms with Crippen LogP contribution < -0.4 is 20.1 Å². The van der Waals surface area contributed by atoms with Gasteiger partial charge in [0, 0.05) is 24.2 Å². The highest BCUT2D eigenvalue weighted by atomic mass is 19.1. The summed E-state index contributed by atoms with van der Waals surface area (Å²) in [4.78, 5) is 35.5. The molecule has 1 fully saturated rings. The van der Waals surface area contributed by atoms with E-state index in [0.29, 0.717) is 43.6 Å². The van der Waals surface area contributed by atoms with Crippen molar-refractivity contribution in [1.82, 2.24) is 10.6 Å². The molecule has 0 aromatic heterocycles. The Balaban J connectivity index is 1.39. The molecule has 1 aliphatic carbocycles. The summed E-state index contributed by atoms with van der Waals surface area (Å²) in [5, 5.41) is 14.4. The molecule has 0 spiro atoms. The molecule has 0 heterocycles. The van der Waals surface area contributed by atoms with Crippen molar-refractivity contribution in [3.63, 3.8) is 0 Å². The summed E-state index contributed by atoms with van der Waals surface area (Å²) in [6.45, 7) is 2.45. The van der Waals surface area contributed by atoms with Gasteiger partial charge in [-0.05, 0) is 75.1 Å². The van der Waals surface area contributed by atoms with Crippen LogP contribution in [0.3, 0.4) is 0 Å². The quantitative estimate of drug-likeness (QED) is 0.457. The number of rotatable bonds is 10. The van der Waals surface area contributed by atoms with Crippen molar-refractivity contribution in [3.8, 4) is 11.5 Å². The number of halogens is 1. The van der Waals surface area contributed by atoms with Crippen LogP contribution in [-0.2, 0) is 4.79 Å². The zero-order valence-electron chi connectivity index (χ0n) is 19.0. The number of benzene rings is 2. The van der Waals surface area contributed by atoms with Crippen molar-refractivity contribution in [3.05, 3.63) is 59.4 Å². The monoisotopic (exact) mass is 472 g/mol. The van der Waals surface area contributed by atoms with E-state index in [1.54, 1.807) is 31.2 Å². The van der Waals surface area contributed by atoms with E-state index in [1.807, 2.05) is 0 Å². The van der Waals surface area contributed by atoms with Gasteiger partial charge in [0.1, 0.15) is 5.75 Å². The average Bonchev–Trinajstić information content (AvgIpc) is 2.83. The van der Waals surface area contributed by atoms with Gasteiger partial charge < -0.3 is 25.2 Å². The SMILES string of the molecule is CCOc1ccc(C(=O)NCCNC(=O)c2ccc(OC3CCC(C(=O)O)CC3)cc2)cc1F. The smallest absolute Gasteiger partial charge is 0.306 e. The third kappa shape index (κ3) is 6.94. The molecule has 8 nitrogen and oxygen atoms in total. The van der Waals surface area contributed by atoms with Crippen LogP contribution in [0.5, 0.6) is 11.5 Å².